The number of amides is 2. The Labute approximate surface area is 161 Å². The van der Waals surface area contributed by atoms with Crippen LogP contribution in [0.3, 0.4) is 0 Å². The minimum atomic E-state index is 0.0263. The van der Waals surface area contributed by atoms with Gasteiger partial charge in [-0.1, -0.05) is 6.92 Å². The molecule has 1 N–H and O–H groups in total. The van der Waals surface area contributed by atoms with Crippen molar-refractivity contribution in [3.63, 3.8) is 0 Å². The topological polar surface area (TPSA) is 44.8 Å². The van der Waals surface area contributed by atoms with E-state index in [1.807, 2.05) is 28.8 Å². The van der Waals surface area contributed by atoms with Crippen LogP contribution in [0.4, 0.5) is 10.5 Å². The summed E-state index contributed by atoms with van der Waals surface area (Å²) in [7, 11) is 0. The Kier molecular flexibility index (Phi) is 7.23. The Morgan fingerprint density at radius 1 is 1.19 bits per heavy atom. The highest BCUT2D eigenvalue weighted by atomic mass is 32.2. The van der Waals surface area contributed by atoms with E-state index in [0.29, 0.717) is 12.0 Å². The second kappa shape index (κ2) is 9.62. The van der Waals surface area contributed by atoms with Crippen LogP contribution < -0.4 is 5.32 Å². The first-order chi connectivity index (χ1) is 12.7. The zero-order valence-electron chi connectivity index (χ0n) is 15.9. The normalized spacial score (nSPS) is 20.8. The lowest BCUT2D eigenvalue weighted by atomic mass is 9.89. The summed E-state index contributed by atoms with van der Waals surface area (Å²) in [6.45, 7) is 9.93. The molecule has 2 aliphatic heterocycles. The number of thioether (sulfide) groups is 1. The molecule has 0 unspecified atom stereocenters. The van der Waals surface area contributed by atoms with E-state index in [4.69, 9.17) is 4.74 Å². The van der Waals surface area contributed by atoms with Crippen LogP contribution in [0.25, 0.3) is 0 Å². The van der Waals surface area contributed by atoms with E-state index in [0.717, 1.165) is 63.7 Å². The maximum absolute atomic E-state index is 12.5. The summed E-state index contributed by atoms with van der Waals surface area (Å²) in [6.07, 6.45) is 2.16. The molecule has 2 amide bonds. The van der Waals surface area contributed by atoms with Crippen molar-refractivity contribution in [2.75, 3.05) is 50.5 Å². The van der Waals surface area contributed by atoms with Gasteiger partial charge < -0.3 is 15.0 Å². The Hall–Kier alpha value is -1.24. The molecule has 0 spiro atoms. The maximum Gasteiger partial charge on any atom is 0.321 e. The Balaban J connectivity index is 1.45. The van der Waals surface area contributed by atoms with Crippen LogP contribution in [-0.4, -0.2) is 67.0 Å². The largest absolute Gasteiger partial charge is 0.379 e. The van der Waals surface area contributed by atoms with Gasteiger partial charge in [0, 0.05) is 42.8 Å². The van der Waals surface area contributed by atoms with E-state index in [1.165, 1.54) is 4.90 Å². The molecule has 0 aliphatic carbocycles. The van der Waals surface area contributed by atoms with Gasteiger partial charge in [-0.2, -0.15) is 0 Å². The van der Waals surface area contributed by atoms with Gasteiger partial charge in [0.05, 0.1) is 13.2 Å². The van der Waals surface area contributed by atoms with Gasteiger partial charge in [0.1, 0.15) is 0 Å². The maximum atomic E-state index is 12.5. The smallest absolute Gasteiger partial charge is 0.321 e. The van der Waals surface area contributed by atoms with Crippen molar-refractivity contribution >= 4 is 23.5 Å². The SMILES string of the molecule is CCSc1ccc(NC(=O)N2CCC([C@H](C)N3CCOCC3)CC2)cc1. The summed E-state index contributed by atoms with van der Waals surface area (Å²) < 4.78 is 5.46. The lowest BCUT2D eigenvalue weighted by Crippen LogP contribution is -2.49. The monoisotopic (exact) mass is 377 g/mol. The molecule has 2 fully saturated rings. The van der Waals surface area contributed by atoms with Gasteiger partial charge in [0.25, 0.3) is 0 Å². The van der Waals surface area contributed by atoms with Crippen LogP contribution in [-0.2, 0) is 4.74 Å². The van der Waals surface area contributed by atoms with E-state index >= 15 is 0 Å². The van der Waals surface area contributed by atoms with Gasteiger partial charge in [-0.3, -0.25) is 4.90 Å². The average molecular weight is 378 g/mol. The van der Waals surface area contributed by atoms with Crippen molar-refractivity contribution in [2.24, 2.45) is 5.92 Å². The molecule has 1 aromatic carbocycles. The molecule has 3 rings (SSSR count). The van der Waals surface area contributed by atoms with E-state index in [9.17, 15) is 4.79 Å². The molecule has 0 saturated carbocycles. The number of likely N-dealkylation sites (tertiary alicyclic amines) is 1. The summed E-state index contributed by atoms with van der Waals surface area (Å²) >= 11 is 1.81. The first-order valence-corrected chi connectivity index (χ1v) is 10.8. The van der Waals surface area contributed by atoms with Gasteiger partial charge in [-0.25, -0.2) is 4.79 Å². The summed E-state index contributed by atoms with van der Waals surface area (Å²) in [5, 5.41) is 3.04. The number of piperidine rings is 1. The fourth-order valence-electron chi connectivity index (χ4n) is 3.87. The number of hydrogen-bond acceptors (Lipinski definition) is 4. The van der Waals surface area contributed by atoms with Gasteiger partial charge in [0.15, 0.2) is 0 Å². The highest BCUT2D eigenvalue weighted by Gasteiger charge is 2.30. The molecular formula is C20H31N3O2S. The number of hydrogen-bond donors (Lipinski definition) is 1. The number of morpholine rings is 1. The van der Waals surface area contributed by atoms with Crippen LogP contribution in [0.2, 0.25) is 0 Å². The van der Waals surface area contributed by atoms with Crippen LogP contribution in [0.15, 0.2) is 29.2 Å². The molecule has 2 heterocycles. The Morgan fingerprint density at radius 3 is 2.46 bits per heavy atom. The standard InChI is InChI=1S/C20H31N3O2S/c1-3-26-19-6-4-18(5-7-19)21-20(24)23-10-8-17(9-11-23)16(2)22-12-14-25-15-13-22/h4-7,16-17H,3,8-15H2,1-2H3,(H,21,24)/t16-/m0/s1. The second-order valence-corrected chi connectivity index (χ2v) is 8.44. The van der Waals surface area contributed by atoms with Gasteiger partial charge in [0.2, 0.25) is 0 Å². The number of anilines is 1. The molecule has 1 atom stereocenters. The summed E-state index contributed by atoms with van der Waals surface area (Å²) in [5.74, 6) is 1.73. The van der Waals surface area contributed by atoms with Crippen LogP contribution in [0, 0.1) is 5.92 Å². The summed E-state index contributed by atoms with van der Waals surface area (Å²) in [5.41, 5.74) is 0.874. The molecule has 144 valence electrons. The zero-order valence-corrected chi connectivity index (χ0v) is 16.8. The lowest BCUT2D eigenvalue weighted by molar-refractivity contribution is 0.000471. The molecule has 0 bridgehead atoms. The first-order valence-electron chi connectivity index (χ1n) is 9.78. The molecule has 2 aliphatic rings. The third-order valence-electron chi connectivity index (χ3n) is 5.55. The van der Waals surface area contributed by atoms with Crippen molar-refractivity contribution in [3.8, 4) is 0 Å². The minimum Gasteiger partial charge on any atom is -0.379 e. The number of benzene rings is 1. The third-order valence-corrected chi connectivity index (χ3v) is 6.44. The van der Waals surface area contributed by atoms with Crippen molar-refractivity contribution in [2.45, 2.75) is 37.6 Å². The predicted octanol–water partition coefficient (Wildman–Crippen LogP) is 3.76. The highest BCUT2D eigenvalue weighted by molar-refractivity contribution is 7.99. The van der Waals surface area contributed by atoms with Crippen molar-refractivity contribution < 1.29 is 9.53 Å². The van der Waals surface area contributed by atoms with Gasteiger partial charge in [-0.15, -0.1) is 11.8 Å². The average Bonchev–Trinajstić information content (AvgIpc) is 2.70. The first kappa shape index (κ1) is 19.5. The highest BCUT2D eigenvalue weighted by Crippen LogP contribution is 2.25. The number of nitrogens with zero attached hydrogens (tertiary/aromatic N) is 2. The van der Waals surface area contributed by atoms with Gasteiger partial charge in [-0.05, 0) is 55.7 Å². The quantitative estimate of drug-likeness (QED) is 0.794. The van der Waals surface area contributed by atoms with Crippen molar-refractivity contribution in [1.82, 2.24) is 9.80 Å². The molecule has 1 aromatic rings. The van der Waals surface area contributed by atoms with Crippen LogP contribution in [0.5, 0.6) is 0 Å². The minimum absolute atomic E-state index is 0.0263. The lowest BCUT2D eigenvalue weighted by Gasteiger charge is -2.40. The molecule has 26 heavy (non-hydrogen) atoms. The van der Waals surface area contributed by atoms with Crippen molar-refractivity contribution in [1.29, 1.82) is 0 Å². The molecular weight excluding hydrogens is 346 g/mol. The summed E-state index contributed by atoms with van der Waals surface area (Å²) in [6, 6.07) is 8.72. The van der Waals surface area contributed by atoms with E-state index in [2.05, 4.69) is 36.2 Å². The second-order valence-electron chi connectivity index (χ2n) is 7.10. The number of carbonyl (C=O) groups is 1. The summed E-state index contributed by atoms with van der Waals surface area (Å²) in [4.78, 5) is 18.3. The fraction of sp³-hybridized carbons (Fsp3) is 0.650. The molecule has 0 aromatic heterocycles. The molecule has 6 heteroatoms. The van der Waals surface area contributed by atoms with Crippen LogP contribution >= 0.6 is 11.8 Å². The molecule has 5 nitrogen and oxygen atoms in total. The molecule has 2 saturated heterocycles. The number of urea groups is 1. The van der Waals surface area contributed by atoms with E-state index < -0.39 is 0 Å². The third kappa shape index (κ3) is 5.15. The number of nitrogens with one attached hydrogen (secondary N) is 1. The fourth-order valence-corrected chi connectivity index (χ4v) is 4.53. The zero-order chi connectivity index (χ0) is 18.4. The number of carbonyl (C=O) groups excluding carboxylic acids is 1. The van der Waals surface area contributed by atoms with Gasteiger partial charge >= 0.3 is 6.03 Å². The number of ether oxygens (including phenoxy) is 1. The predicted molar refractivity (Wildman–Crippen MR) is 108 cm³/mol. The Bertz CT molecular complexity index is 567. The molecule has 0 radical (unpaired) electrons. The van der Waals surface area contributed by atoms with E-state index in [-0.39, 0.29) is 6.03 Å². The number of rotatable bonds is 5. The Morgan fingerprint density at radius 2 is 1.85 bits per heavy atom. The van der Waals surface area contributed by atoms with Crippen LogP contribution in [0.1, 0.15) is 26.7 Å². The van der Waals surface area contributed by atoms with E-state index in [1.54, 1.807) is 0 Å². The van der Waals surface area contributed by atoms with Crippen molar-refractivity contribution in [3.05, 3.63) is 24.3 Å².